The van der Waals surface area contributed by atoms with Crippen LogP contribution >= 0.6 is 37.7 Å². The molecule has 0 fully saturated rings. The van der Waals surface area contributed by atoms with Crippen LogP contribution < -0.4 is 0 Å². The van der Waals surface area contributed by atoms with Gasteiger partial charge in [-0.3, -0.25) is 0 Å². The Balaban J connectivity index is 0. The predicted octanol–water partition coefficient (Wildman–Crippen LogP) is 2.37. The van der Waals surface area contributed by atoms with Crippen molar-refractivity contribution >= 4 is 89.1 Å². The van der Waals surface area contributed by atoms with Crippen LogP contribution in [0.3, 0.4) is 0 Å². The van der Waals surface area contributed by atoms with E-state index in [4.69, 9.17) is 37.7 Å². The summed E-state index contributed by atoms with van der Waals surface area (Å²) in [5.74, 6) is 0. The van der Waals surface area contributed by atoms with Crippen LogP contribution in [0.25, 0.3) is 0 Å². The molecule has 39 valence electrons. The van der Waals surface area contributed by atoms with E-state index in [0.717, 1.165) is 0 Å². The molecule has 0 rings (SSSR count). The molecule has 0 heterocycles. The van der Waals surface area contributed by atoms with Gasteiger partial charge in [0.1, 0.15) is 0 Å². The first-order valence-corrected chi connectivity index (χ1v) is 11.7. The number of hydrogen-bond donors (Lipinski definition) is 0. The average molecular weight is 376 g/mol. The van der Waals surface area contributed by atoms with Crippen molar-refractivity contribution in [1.29, 1.82) is 0 Å². The second kappa shape index (κ2) is 5.28. The van der Waals surface area contributed by atoms with E-state index in [0.29, 0.717) is 0 Å². The third-order valence-electron chi connectivity index (χ3n) is 0. The molecule has 0 aromatic rings. The molecule has 0 nitrogen and oxygen atoms in total. The van der Waals surface area contributed by atoms with Gasteiger partial charge in [-0.2, -0.15) is 0 Å². The molecule has 0 atom stereocenters. The fourth-order valence-corrected chi connectivity index (χ4v) is 0. The summed E-state index contributed by atoms with van der Waals surface area (Å²) in [4.78, 5) is 0. The first kappa shape index (κ1) is 12.2. The van der Waals surface area contributed by atoms with Gasteiger partial charge in [0.2, 0.25) is 0 Å². The molecule has 0 saturated heterocycles. The summed E-state index contributed by atoms with van der Waals surface area (Å²) in [5.41, 5.74) is 0. The Morgan fingerprint density at radius 3 is 0.833 bits per heavy atom. The summed E-state index contributed by atoms with van der Waals surface area (Å²) in [7, 11) is 20.0. The smallest absolute Gasteiger partial charge is 0 e. The van der Waals surface area contributed by atoms with Crippen LogP contribution in [0.2, 0.25) is 0 Å². The van der Waals surface area contributed by atoms with E-state index in [2.05, 4.69) is 0 Å². The van der Waals surface area contributed by atoms with Crippen LogP contribution in [-0.2, 0) is 11.9 Å². The number of hydrogen-bond acceptors (Lipinski definition) is 0. The van der Waals surface area contributed by atoms with E-state index in [1.54, 1.807) is 0 Å². The SMILES string of the molecule is [Cl][Pt]([Cl])([Cl])[Cl].[K]. The van der Waals surface area contributed by atoms with E-state index in [1.165, 1.54) is 0 Å². The Kier molecular flexibility index (Phi) is 10.7. The molecule has 0 aliphatic carbocycles. The first-order valence-electron chi connectivity index (χ1n) is 0.478. The molecule has 0 saturated carbocycles. The first-order chi connectivity index (χ1) is 2.00. The molecule has 0 aromatic carbocycles. The van der Waals surface area contributed by atoms with Gasteiger partial charge in [-0.1, -0.05) is 0 Å². The van der Waals surface area contributed by atoms with E-state index < -0.39 is 11.9 Å². The molecule has 0 aromatic heterocycles. The van der Waals surface area contributed by atoms with Crippen LogP contribution in [0.4, 0.5) is 0 Å². The zero-order chi connectivity index (χ0) is 4.50. The van der Waals surface area contributed by atoms with Crippen molar-refractivity contribution in [3.63, 3.8) is 0 Å². The van der Waals surface area contributed by atoms with Crippen molar-refractivity contribution in [2.24, 2.45) is 0 Å². The normalized spacial score (nSPS) is 12.7. The number of rotatable bonds is 0. The quantitative estimate of drug-likeness (QED) is 0.570. The maximum absolute atomic E-state index is 5.01. The summed E-state index contributed by atoms with van der Waals surface area (Å²) >= 11 is -3.06. The zero-order valence-corrected chi connectivity index (χ0v) is 11.2. The minimum Gasteiger partial charge on any atom is 0 e. The maximum Gasteiger partial charge on any atom is 0 e. The molecule has 0 spiro atoms. The molecule has 1 radical (unpaired) electrons. The van der Waals surface area contributed by atoms with E-state index in [-0.39, 0.29) is 51.4 Å². The van der Waals surface area contributed by atoms with Gasteiger partial charge in [0.25, 0.3) is 0 Å². The van der Waals surface area contributed by atoms with Gasteiger partial charge >= 0.3 is 49.6 Å². The molecule has 6 heteroatoms. The van der Waals surface area contributed by atoms with Gasteiger partial charge in [-0.15, -0.1) is 0 Å². The summed E-state index contributed by atoms with van der Waals surface area (Å²) in [6.07, 6.45) is 0. The van der Waals surface area contributed by atoms with Crippen molar-refractivity contribution < 1.29 is 11.9 Å². The number of halogens is 4. The van der Waals surface area contributed by atoms with Crippen LogP contribution in [-0.4, -0.2) is 51.4 Å². The molecule has 0 aliphatic rings. The monoisotopic (exact) mass is 374 g/mol. The third kappa shape index (κ3) is 25.9. The molecule has 6 heavy (non-hydrogen) atoms. The van der Waals surface area contributed by atoms with Crippen molar-refractivity contribution in [3.05, 3.63) is 0 Å². The Labute approximate surface area is 98.2 Å². The minimum absolute atomic E-state index is 0. The van der Waals surface area contributed by atoms with E-state index in [9.17, 15) is 0 Å². The largest absolute Gasteiger partial charge is 0 e. The summed E-state index contributed by atoms with van der Waals surface area (Å²) < 4.78 is 0. The van der Waals surface area contributed by atoms with Crippen LogP contribution in [0, 0.1) is 0 Å². The Bertz CT molecular complexity index is 23.0. The molecular weight excluding hydrogens is 376 g/mol. The van der Waals surface area contributed by atoms with Crippen LogP contribution in [0.5, 0.6) is 0 Å². The fourth-order valence-electron chi connectivity index (χ4n) is 0. The van der Waals surface area contributed by atoms with Crippen molar-refractivity contribution in [2.75, 3.05) is 0 Å². The Morgan fingerprint density at radius 1 is 0.833 bits per heavy atom. The Hall–Kier alpha value is 3.48. The topological polar surface area (TPSA) is 0 Å². The maximum atomic E-state index is 5.01. The fraction of sp³-hybridized carbons (Fsp3) is 0. The zero-order valence-electron chi connectivity index (χ0n) is 2.83. The van der Waals surface area contributed by atoms with E-state index in [1.807, 2.05) is 0 Å². The van der Waals surface area contributed by atoms with Crippen molar-refractivity contribution in [2.45, 2.75) is 0 Å². The second-order valence-electron chi connectivity index (χ2n) is 0.271. The van der Waals surface area contributed by atoms with Gasteiger partial charge < -0.3 is 0 Å². The molecule has 0 amide bonds. The van der Waals surface area contributed by atoms with E-state index >= 15 is 0 Å². The molecule has 0 aliphatic heterocycles. The molecule has 0 N–H and O–H groups in total. The van der Waals surface area contributed by atoms with Gasteiger partial charge in [0.15, 0.2) is 0 Å². The second-order valence-corrected chi connectivity index (χ2v) is 20.0. The predicted molar refractivity (Wildman–Crippen MR) is 29.2 cm³/mol. The average Bonchev–Trinajstić information content (AvgIpc) is 0.722. The summed E-state index contributed by atoms with van der Waals surface area (Å²) in [6, 6.07) is 0. The standard InChI is InChI=1S/4ClH.K.Pt/h4*1H;;/q;;;;;+4/p-4. The van der Waals surface area contributed by atoms with Crippen LogP contribution in [0.1, 0.15) is 0 Å². The Morgan fingerprint density at radius 2 is 0.833 bits per heavy atom. The van der Waals surface area contributed by atoms with Crippen molar-refractivity contribution in [1.82, 2.24) is 0 Å². The molecule has 0 bridgehead atoms. The van der Waals surface area contributed by atoms with Gasteiger partial charge in [-0.25, -0.2) is 0 Å². The van der Waals surface area contributed by atoms with Crippen molar-refractivity contribution in [3.8, 4) is 0 Å². The molecular formula is Cl4KPt. The van der Waals surface area contributed by atoms with Gasteiger partial charge in [-0.05, 0) is 0 Å². The van der Waals surface area contributed by atoms with Gasteiger partial charge in [0.05, 0.1) is 0 Å². The van der Waals surface area contributed by atoms with Gasteiger partial charge in [0, 0.05) is 51.4 Å². The molecule has 0 unspecified atom stereocenters. The third-order valence-corrected chi connectivity index (χ3v) is 0. The minimum atomic E-state index is -3.06. The summed E-state index contributed by atoms with van der Waals surface area (Å²) in [6.45, 7) is 0. The van der Waals surface area contributed by atoms with Crippen LogP contribution in [0.15, 0.2) is 0 Å². The summed E-state index contributed by atoms with van der Waals surface area (Å²) in [5, 5.41) is 0.